The maximum Gasteiger partial charge on any atom is 0.333 e. The van der Waals surface area contributed by atoms with Gasteiger partial charge in [0.15, 0.2) is 0 Å². The highest BCUT2D eigenvalue weighted by molar-refractivity contribution is 5.88. The third kappa shape index (κ3) is 2.06. The fourth-order valence-electron chi connectivity index (χ4n) is 1.28. The highest BCUT2D eigenvalue weighted by Gasteiger charge is 2.30. The van der Waals surface area contributed by atoms with Crippen LogP contribution in [0.4, 0.5) is 0 Å². The van der Waals surface area contributed by atoms with Crippen LogP contribution in [0.2, 0.25) is 0 Å². The molecule has 0 radical (unpaired) electrons. The molecule has 5 heteroatoms. The van der Waals surface area contributed by atoms with E-state index in [9.17, 15) is 15.0 Å². The first-order valence-corrected chi connectivity index (χ1v) is 3.97. The normalized spacial score (nSPS) is 33.8. The predicted octanol–water partition coefficient (Wildman–Crippen LogP) is -1.46. The third-order valence-electron chi connectivity index (χ3n) is 2.06. The number of methoxy groups -OCH3 is 1. The number of ether oxygens (including phenoxy) is 1. The minimum absolute atomic E-state index is 0.227. The average molecular weight is 187 g/mol. The summed E-state index contributed by atoms with van der Waals surface area (Å²) in [6.45, 7) is 0. The molecular formula is C8H13NO4. The fourth-order valence-corrected chi connectivity index (χ4v) is 1.28. The topological polar surface area (TPSA) is 92.8 Å². The Kier molecular flexibility index (Phi) is 3.02. The van der Waals surface area contributed by atoms with Gasteiger partial charge in [-0.25, -0.2) is 4.79 Å². The molecule has 0 aromatic heterocycles. The highest BCUT2D eigenvalue weighted by Crippen LogP contribution is 2.18. The van der Waals surface area contributed by atoms with Crippen molar-refractivity contribution in [2.75, 3.05) is 7.11 Å². The Labute approximate surface area is 75.8 Å². The molecule has 0 saturated heterocycles. The second kappa shape index (κ2) is 3.87. The van der Waals surface area contributed by atoms with Crippen molar-refractivity contribution in [2.45, 2.75) is 24.7 Å². The Balaban J connectivity index is 2.78. The average Bonchev–Trinajstić information content (AvgIpc) is 2.12. The summed E-state index contributed by atoms with van der Waals surface area (Å²) in [7, 11) is 1.26. The monoisotopic (exact) mass is 187 g/mol. The number of aliphatic hydroxyl groups is 2. The van der Waals surface area contributed by atoms with Crippen molar-refractivity contribution in [3.63, 3.8) is 0 Å². The standard InChI is InChI=1S/C8H13NO4/c1-13-8(12)4-2-5(9)7(11)6(10)3-4/h3,5-7,10-11H,2,9H2,1H3. The first-order valence-electron chi connectivity index (χ1n) is 3.97. The largest absolute Gasteiger partial charge is 0.466 e. The Hall–Kier alpha value is -0.910. The zero-order valence-corrected chi connectivity index (χ0v) is 7.30. The van der Waals surface area contributed by atoms with Gasteiger partial charge in [0.05, 0.1) is 13.2 Å². The SMILES string of the molecule is COC(=O)C1=CC(O)C(O)C(N)C1. The molecule has 3 atom stereocenters. The molecule has 4 N–H and O–H groups in total. The number of nitrogens with two attached hydrogens (primary N) is 1. The van der Waals surface area contributed by atoms with Crippen molar-refractivity contribution >= 4 is 5.97 Å². The highest BCUT2D eigenvalue weighted by atomic mass is 16.5. The second-order valence-electron chi connectivity index (χ2n) is 3.03. The van der Waals surface area contributed by atoms with E-state index in [1.807, 2.05) is 0 Å². The van der Waals surface area contributed by atoms with Crippen LogP contribution in [0.5, 0.6) is 0 Å². The molecule has 0 aromatic rings. The maximum absolute atomic E-state index is 11.0. The zero-order chi connectivity index (χ0) is 10.0. The predicted molar refractivity (Wildman–Crippen MR) is 44.7 cm³/mol. The van der Waals surface area contributed by atoms with E-state index in [1.165, 1.54) is 13.2 Å². The van der Waals surface area contributed by atoms with Gasteiger partial charge >= 0.3 is 5.97 Å². The number of hydrogen-bond donors (Lipinski definition) is 3. The van der Waals surface area contributed by atoms with Crippen LogP contribution in [0.25, 0.3) is 0 Å². The molecule has 3 unspecified atom stereocenters. The van der Waals surface area contributed by atoms with Gasteiger partial charge < -0.3 is 20.7 Å². The second-order valence-corrected chi connectivity index (χ2v) is 3.03. The minimum Gasteiger partial charge on any atom is -0.466 e. The van der Waals surface area contributed by atoms with Gasteiger partial charge in [0.25, 0.3) is 0 Å². The van der Waals surface area contributed by atoms with E-state index in [2.05, 4.69) is 4.74 Å². The van der Waals surface area contributed by atoms with Crippen molar-refractivity contribution in [1.82, 2.24) is 0 Å². The van der Waals surface area contributed by atoms with Crippen LogP contribution in [0.3, 0.4) is 0 Å². The Bertz CT molecular complexity index is 238. The van der Waals surface area contributed by atoms with Crippen molar-refractivity contribution in [1.29, 1.82) is 0 Å². The lowest BCUT2D eigenvalue weighted by atomic mass is 9.91. The van der Waals surface area contributed by atoms with Crippen molar-refractivity contribution < 1.29 is 19.7 Å². The summed E-state index contributed by atoms with van der Waals surface area (Å²) in [5.41, 5.74) is 5.81. The minimum atomic E-state index is -1.09. The molecule has 0 saturated carbocycles. The van der Waals surface area contributed by atoms with Gasteiger partial charge in [-0.2, -0.15) is 0 Å². The van der Waals surface area contributed by atoms with E-state index < -0.39 is 24.2 Å². The summed E-state index contributed by atoms with van der Waals surface area (Å²) in [4.78, 5) is 11.0. The molecule has 0 fully saturated rings. The van der Waals surface area contributed by atoms with E-state index in [1.54, 1.807) is 0 Å². The molecule has 0 bridgehead atoms. The van der Waals surface area contributed by atoms with Crippen LogP contribution in [-0.2, 0) is 9.53 Å². The smallest absolute Gasteiger partial charge is 0.333 e. The van der Waals surface area contributed by atoms with Gasteiger partial charge in [-0.05, 0) is 12.5 Å². The van der Waals surface area contributed by atoms with E-state index >= 15 is 0 Å². The summed E-state index contributed by atoms with van der Waals surface area (Å²) in [6.07, 6.45) is -0.587. The number of rotatable bonds is 1. The van der Waals surface area contributed by atoms with Gasteiger partial charge in [-0.15, -0.1) is 0 Å². The van der Waals surface area contributed by atoms with Crippen LogP contribution >= 0.6 is 0 Å². The van der Waals surface area contributed by atoms with E-state index in [4.69, 9.17) is 5.73 Å². The summed E-state index contributed by atoms with van der Waals surface area (Å²) < 4.78 is 4.47. The Morgan fingerprint density at radius 3 is 2.77 bits per heavy atom. The van der Waals surface area contributed by atoms with Gasteiger partial charge in [-0.1, -0.05) is 0 Å². The van der Waals surface area contributed by atoms with Crippen molar-refractivity contribution in [3.05, 3.63) is 11.6 Å². The molecule has 0 aliphatic heterocycles. The summed E-state index contributed by atoms with van der Waals surface area (Å²) >= 11 is 0. The summed E-state index contributed by atoms with van der Waals surface area (Å²) in [5, 5.41) is 18.5. The zero-order valence-electron chi connectivity index (χ0n) is 7.30. The van der Waals surface area contributed by atoms with Crippen LogP contribution in [0.15, 0.2) is 11.6 Å². The third-order valence-corrected chi connectivity index (χ3v) is 2.06. The lowest BCUT2D eigenvalue weighted by molar-refractivity contribution is -0.136. The van der Waals surface area contributed by atoms with Gasteiger partial charge in [0.2, 0.25) is 0 Å². The molecule has 74 valence electrons. The number of aliphatic hydroxyl groups excluding tert-OH is 2. The molecule has 1 rings (SSSR count). The number of hydrogen-bond acceptors (Lipinski definition) is 5. The molecule has 0 amide bonds. The molecule has 5 nitrogen and oxygen atoms in total. The molecule has 1 aliphatic rings. The lowest BCUT2D eigenvalue weighted by Gasteiger charge is -2.27. The Morgan fingerprint density at radius 2 is 2.31 bits per heavy atom. The first-order chi connectivity index (χ1) is 6.06. The van der Waals surface area contributed by atoms with E-state index in [0.717, 1.165) is 0 Å². The fraction of sp³-hybridized carbons (Fsp3) is 0.625. The van der Waals surface area contributed by atoms with Gasteiger partial charge in [0, 0.05) is 11.6 Å². The molecule has 0 spiro atoms. The lowest BCUT2D eigenvalue weighted by Crippen LogP contribution is -2.46. The number of carbonyl (C=O) groups excluding carboxylic acids is 1. The Morgan fingerprint density at radius 1 is 1.69 bits per heavy atom. The molecule has 13 heavy (non-hydrogen) atoms. The molecular weight excluding hydrogens is 174 g/mol. The van der Waals surface area contributed by atoms with Crippen LogP contribution in [-0.4, -0.2) is 41.5 Å². The van der Waals surface area contributed by atoms with Crippen molar-refractivity contribution in [2.24, 2.45) is 5.73 Å². The van der Waals surface area contributed by atoms with Crippen molar-refractivity contribution in [3.8, 4) is 0 Å². The summed E-state index contributed by atoms with van der Waals surface area (Å²) in [5.74, 6) is -0.513. The van der Waals surface area contributed by atoms with Crippen LogP contribution in [0, 0.1) is 0 Å². The summed E-state index contributed by atoms with van der Waals surface area (Å²) in [6, 6.07) is -0.617. The molecule has 1 aliphatic carbocycles. The number of carbonyl (C=O) groups is 1. The van der Waals surface area contributed by atoms with E-state index in [0.29, 0.717) is 5.57 Å². The van der Waals surface area contributed by atoms with E-state index in [-0.39, 0.29) is 6.42 Å². The quantitative estimate of drug-likeness (QED) is 0.436. The molecule has 0 heterocycles. The number of esters is 1. The first kappa shape index (κ1) is 10.2. The van der Waals surface area contributed by atoms with Gasteiger partial charge in [0.1, 0.15) is 6.10 Å². The maximum atomic E-state index is 11.0. The van der Waals surface area contributed by atoms with Gasteiger partial charge in [-0.3, -0.25) is 0 Å². The molecule has 0 aromatic carbocycles. The van der Waals surface area contributed by atoms with Crippen LogP contribution in [0.1, 0.15) is 6.42 Å². The van der Waals surface area contributed by atoms with Crippen LogP contribution < -0.4 is 5.73 Å².